The molecule has 15 heavy (non-hydrogen) atoms. The van der Waals surface area contributed by atoms with Gasteiger partial charge in [-0.2, -0.15) is 0 Å². The number of hydrogen-bond donors (Lipinski definition) is 2. The molecule has 0 saturated carbocycles. The Hall–Kier alpha value is 0.480. The van der Waals surface area contributed by atoms with E-state index in [1.54, 1.807) is 13.8 Å². The first-order valence-corrected chi connectivity index (χ1v) is 5.28. The number of alkyl halides is 2. The highest BCUT2D eigenvalue weighted by Crippen LogP contribution is 2.35. The topological polar surface area (TPSA) is 74.6 Å². The monoisotopic (exact) mass is 388 g/mol. The predicted octanol–water partition coefficient (Wildman–Crippen LogP) is 2.55. The minimum atomic E-state index is -1.07. The standard InChI is InChI=1S/C7H10Br2O4.2ClH/c1-7(2,3(8)5(10)11)4(9)6(12)13;;/h3-4H,1-2H3,(H,10,11)(H,12,13);2*1H. The molecule has 8 heteroatoms. The third-order valence-corrected chi connectivity index (χ3v) is 4.88. The highest BCUT2D eigenvalue weighted by Gasteiger charge is 2.42. The summed E-state index contributed by atoms with van der Waals surface area (Å²) in [6.07, 6.45) is 0. The van der Waals surface area contributed by atoms with Crippen LogP contribution in [0.3, 0.4) is 0 Å². The van der Waals surface area contributed by atoms with E-state index < -0.39 is 27.0 Å². The number of rotatable bonds is 4. The molecule has 0 aromatic carbocycles. The first-order valence-electron chi connectivity index (χ1n) is 3.45. The molecule has 4 nitrogen and oxygen atoms in total. The van der Waals surface area contributed by atoms with Crippen molar-refractivity contribution in [2.75, 3.05) is 0 Å². The number of halogens is 4. The van der Waals surface area contributed by atoms with Crippen LogP contribution in [-0.4, -0.2) is 31.8 Å². The average molecular weight is 391 g/mol. The van der Waals surface area contributed by atoms with Gasteiger partial charge in [-0.15, -0.1) is 24.8 Å². The fourth-order valence-corrected chi connectivity index (χ4v) is 1.65. The van der Waals surface area contributed by atoms with Gasteiger partial charge in [0, 0.05) is 5.41 Å². The van der Waals surface area contributed by atoms with E-state index in [-0.39, 0.29) is 24.8 Å². The lowest BCUT2D eigenvalue weighted by molar-refractivity contribution is -0.141. The summed E-state index contributed by atoms with van der Waals surface area (Å²) < 4.78 is 0. The number of hydrogen-bond acceptors (Lipinski definition) is 2. The van der Waals surface area contributed by atoms with Gasteiger partial charge in [-0.3, -0.25) is 9.59 Å². The molecule has 0 aromatic heterocycles. The van der Waals surface area contributed by atoms with Gasteiger partial charge in [0.2, 0.25) is 0 Å². The summed E-state index contributed by atoms with van der Waals surface area (Å²) in [6.45, 7) is 3.13. The van der Waals surface area contributed by atoms with Crippen molar-refractivity contribution in [1.29, 1.82) is 0 Å². The second-order valence-corrected chi connectivity index (χ2v) is 5.05. The molecular formula is C7H12Br2Cl2O4. The maximum Gasteiger partial charge on any atom is 0.317 e. The molecule has 2 atom stereocenters. The quantitative estimate of drug-likeness (QED) is 0.723. The number of aliphatic carboxylic acids is 2. The van der Waals surface area contributed by atoms with E-state index in [1.807, 2.05) is 0 Å². The molecule has 0 amide bonds. The first kappa shape index (κ1) is 20.8. The van der Waals surface area contributed by atoms with Crippen LogP contribution in [0.2, 0.25) is 0 Å². The lowest BCUT2D eigenvalue weighted by Crippen LogP contribution is -2.42. The highest BCUT2D eigenvalue weighted by atomic mass is 79.9. The van der Waals surface area contributed by atoms with Gasteiger partial charge in [0.15, 0.2) is 0 Å². The molecule has 0 spiro atoms. The van der Waals surface area contributed by atoms with Crippen molar-refractivity contribution in [1.82, 2.24) is 0 Å². The normalized spacial score (nSPS) is 14.1. The molecule has 0 bridgehead atoms. The average Bonchev–Trinajstić information content (AvgIpc) is 2.01. The van der Waals surface area contributed by atoms with Crippen molar-refractivity contribution in [3.63, 3.8) is 0 Å². The maximum absolute atomic E-state index is 10.6. The second kappa shape index (κ2) is 7.70. The SMILES string of the molecule is CC(C)(C(Br)C(=O)O)C(Br)C(=O)O.Cl.Cl. The maximum atomic E-state index is 10.6. The van der Waals surface area contributed by atoms with Crippen LogP contribution < -0.4 is 0 Å². The summed E-state index contributed by atoms with van der Waals surface area (Å²) >= 11 is 5.88. The fraction of sp³-hybridized carbons (Fsp3) is 0.714. The van der Waals surface area contributed by atoms with Crippen LogP contribution in [0.1, 0.15) is 13.8 Å². The third kappa shape index (κ3) is 5.38. The minimum absolute atomic E-state index is 0. The summed E-state index contributed by atoms with van der Waals surface area (Å²) in [5.74, 6) is -2.15. The van der Waals surface area contributed by atoms with Gasteiger partial charge in [0.05, 0.1) is 0 Å². The zero-order valence-corrected chi connectivity index (χ0v) is 12.7. The van der Waals surface area contributed by atoms with Gasteiger partial charge in [0.25, 0.3) is 0 Å². The number of carboxylic acids is 2. The zero-order valence-electron chi connectivity index (χ0n) is 7.94. The van der Waals surface area contributed by atoms with Crippen molar-refractivity contribution in [3.8, 4) is 0 Å². The lowest BCUT2D eigenvalue weighted by atomic mass is 9.85. The first-order chi connectivity index (χ1) is 5.71. The second-order valence-electron chi connectivity index (χ2n) is 3.22. The van der Waals surface area contributed by atoms with Crippen LogP contribution in [0.5, 0.6) is 0 Å². The van der Waals surface area contributed by atoms with E-state index in [0.29, 0.717) is 0 Å². The van der Waals surface area contributed by atoms with Crippen LogP contribution >= 0.6 is 56.7 Å². The molecule has 0 aliphatic rings. The van der Waals surface area contributed by atoms with Gasteiger partial charge in [-0.25, -0.2) is 0 Å². The van der Waals surface area contributed by atoms with Crippen LogP contribution in [0, 0.1) is 5.41 Å². The Morgan fingerprint density at radius 1 is 1.00 bits per heavy atom. The molecule has 2 unspecified atom stereocenters. The van der Waals surface area contributed by atoms with Crippen molar-refractivity contribution in [2.24, 2.45) is 5.41 Å². The van der Waals surface area contributed by atoms with Gasteiger partial charge in [-0.05, 0) is 0 Å². The Labute approximate surface area is 117 Å². The molecule has 2 N–H and O–H groups in total. The molecule has 0 saturated heterocycles. The Kier molecular flexibility index (Phi) is 10.7. The fourth-order valence-electron chi connectivity index (χ4n) is 0.765. The van der Waals surface area contributed by atoms with Crippen LogP contribution in [0.15, 0.2) is 0 Å². The van der Waals surface area contributed by atoms with E-state index in [2.05, 4.69) is 31.9 Å². The molecular weight excluding hydrogens is 379 g/mol. The molecule has 0 aromatic rings. The summed E-state index contributed by atoms with van der Waals surface area (Å²) in [5, 5.41) is 17.4. The Morgan fingerprint density at radius 3 is 1.33 bits per heavy atom. The molecule has 92 valence electrons. The van der Waals surface area contributed by atoms with Crippen molar-refractivity contribution in [2.45, 2.75) is 23.5 Å². The Bertz CT molecular complexity index is 213. The Morgan fingerprint density at radius 2 is 1.20 bits per heavy atom. The van der Waals surface area contributed by atoms with Gasteiger partial charge < -0.3 is 10.2 Å². The summed E-state index contributed by atoms with van der Waals surface area (Å²) in [5.41, 5.74) is -0.905. The van der Waals surface area contributed by atoms with Gasteiger partial charge >= 0.3 is 11.9 Å². The Balaban J connectivity index is -0.000000720. The third-order valence-electron chi connectivity index (χ3n) is 1.74. The van der Waals surface area contributed by atoms with E-state index in [4.69, 9.17) is 10.2 Å². The van der Waals surface area contributed by atoms with E-state index in [1.165, 1.54) is 0 Å². The van der Waals surface area contributed by atoms with Crippen LogP contribution in [0.4, 0.5) is 0 Å². The van der Waals surface area contributed by atoms with Gasteiger partial charge in [0.1, 0.15) is 9.65 Å². The molecule has 0 heterocycles. The van der Waals surface area contributed by atoms with Crippen LogP contribution in [-0.2, 0) is 9.59 Å². The van der Waals surface area contributed by atoms with E-state index in [0.717, 1.165) is 0 Å². The number of carbonyl (C=O) groups is 2. The highest BCUT2D eigenvalue weighted by molar-refractivity contribution is 9.10. The predicted molar refractivity (Wildman–Crippen MR) is 69.0 cm³/mol. The molecule has 0 aliphatic carbocycles. The van der Waals surface area contributed by atoms with Crippen molar-refractivity contribution < 1.29 is 19.8 Å². The van der Waals surface area contributed by atoms with Crippen molar-refractivity contribution in [3.05, 3.63) is 0 Å². The summed E-state index contributed by atoms with van der Waals surface area (Å²) in [7, 11) is 0. The van der Waals surface area contributed by atoms with Crippen LogP contribution in [0.25, 0.3) is 0 Å². The van der Waals surface area contributed by atoms with E-state index >= 15 is 0 Å². The largest absolute Gasteiger partial charge is 0.480 e. The molecule has 0 aliphatic heterocycles. The summed E-state index contributed by atoms with van der Waals surface area (Å²) in [6, 6.07) is 0. The van der Waals surface area contributed by atoms with E-state index in [9.17, 15) is 9.59 Å². The molecule has 0 radical (unpaired) electrons. The summed E-state index contributed by atoms with van der Waals surface area (Å²) in [4.78, 5) is 19.4. The molecule has 0 rings (SSSR count). The van der Waals surface area contributed by atoms with Gasteiger partial charge in [-0.1, -0.05) is 45.7 Å². The van der Waals surface area contributed by atoms with Crippen molar-refractivity contribution >= 4 is 68.6 Å². The zero-order chi connectivity index (χ0) is 10.8. The lowest BCUT2D eigenvalue weighted by Gasteiger charge is -2.29. The smallest absolute Gasteiger partial charge is 0.317 e. The minimum Gasteiger partial charge on any atom is -0.480 e. The molecule has 0 fully saturated rings. The number of carboxylic acid groups (broad SMARTS) is 2.